The van der Waals surface area contributed by atoms with E-state index in [2.05, 4.69) is 17.0 Å². The molecule has 2 heterocycles. The molecule has 1 aliphatic heterocycles. The second kappa shape index (κ2) is 6.02. The molecule has 0 aromatic carbocycles. The maximum Gasteiger partial charge on any atom is 0.374 e. The number of carbonyl (C=O) groups excluding carboxylic acids is 1. The van der Waals surface area contributed by atoms with E-state index in [1.54, 1.807) is 6.07 Å². The van der Waals surface area contributed by atoms with Crippen LogP contribution >= 0.6 is 0 Å². The van der Waals surface area contributed by atoms with Crippen LogP contribution in [0.1, 0.15) is 29.5 Å². The van der Waals surface area contributed by atoms with Gasteiger partial charge in [0.1, 0.15) is 0 Å². The van der Waals surface area contributed by atoms with Crippen molar-refractivity contribution in [1.29, 1.82) is 0 Å². The van der Waals surface area contributed by atoms with Gasteiger partial charge in [0.15, 0.2) is 0 Å². The van der Waals surface area contributed by atoms with Crippen LogP contribution in [0.4, 0.5) is 0 Å². The average Bonchev–Trinajstić information content (AvgIpc) is 3.05. The van der Waals surface area contributed by atoms with Crippen molar-refractivity contribution in [3.8, 4) is 0 Å². The van der Waals surface area contributed by atoms with Gasteiger partial charge in [0.25, 0.3) is 0 Å². The fraction of sp³-hybridized carbons (Fsp3) is 0.615. The lowest BCUT2D eigenvalue weighted by molar-refractivity contribution is 0.0563. The molecule has 1 N–H and O–H groups in total. The number of rotatable bonds is 5. The van der Waals surface area contributed by atoms with Crippen molar-refractivity contribution in [2.24, 2.45) is 5.92 Å². The summed E-state index contributed by atoms with van der Waals surface area (Å²) in [6.45, 7) is 4.38. The molecule has 0 bridgehead atoms. The highest BCUT2D eigenvalue weighted by Gasteiger charge is 2.23. The van der Waals surface area contributed by atoms with Crippen molar-refractivity contribution in [2.75, 3.05) is 20.3 Å². The molecule has 0 aliphatic carbocycles. The summed E-state index contributed by atoms with van der Waals surface area (Å²) in [4.78, 5) is 11.4. The van der Waals surface area contributed by atoms with Gasteiger partial charge in [-0.3, -0.25) is 0 Å². The van der Waals surface area contributed by atoms with Crippen LogP contribution in [0.15, 0.2) is 16.7 Å². The molecule has 1 aromatic heterocycles. The minimum Gasteiger partial charge on any atom is -0.463 e. The molecule has 2 unspecified atom stereocenters. The second-order valence-corrected chi connectivity index (χ2v) is 4.56. The SMILES string of the molecule is COC(=O)c1occc1CNC(C)C1CCOC1. The third-order valence-corrected chi connectivity index (χ3v) is 3.40. The van der Waals surface area contributed by atoms with Crippen LogP contribution < -0.4 is 5.32 Å². The molecule has 5 heteroatoms. The molecule has 2 atom stereocenters. The first-order valence-corrected chi connectivity index (χ1v) is 6.18. The van der Waals surface area contributed by atoms with Crippen molar-refractivity contribution in [3.63, 3.8) is 0 Å². The van der Waals surface area contributed by atoms with Crippen LogP contribution in [0.25, 0.3) is 0 Å². The van der Waals surface area contributed by atoms with Crippen molar-refractivity contribution in [2.45, 2.75) is 25.9 Å². The number of hydrogen-bond acceptors (Lipinski definition) is 5. The van der Waals surface area contributed by atoms with Crippen molar-refractivity contribution in [3.05, 3.63) is 23.7 Å². The molecule has 0 radical (unpaired) electrons. The van der Waals surface area contributed by atoms with Gasteiger partial charge in [-0.15, -0.1) is 0 Å². The normalized spacial score (nSPS) is 20.9. The zero-order valence-electron chi connectivity index (χ0n) is 10.8. The number of carbonyl (C=O) groups is 1. The van der Waals surface area contributed by atoms with Gasteiger partial charge in [0.2, 0.25) is 5.76 Å². The van der Waals surface area contributed by atoms with Crippen LogP contribution in [0.3, 0.4) is 0 Å². The molecule has 1 saturated heterocycles. The Balaban J connectivity index is 1.89. The van der Waals surface area contributed by atoms with E-state index in [4.69, 9.17) is 9.15 Å². The molecule has 1 aromatic rings. The summed E-state index contributed by atoms with van der Waals surface area (Å²) >= 11 is 0. The molecule has 0 spiro atoms. The number of furan rings is 1. The van der Waals surface area contributed by atoms with E-state index in [0.717, 1.165) is 25.2 Å². The van der Waals surface area contributed by atoms with E-state index in [-0.39, 0.29) is 5.76 Å². The smallest absolute Gasteiger partial charge is 0.374 e. The molecule has 0 saturated carbocycles. The van der Waals surface area contributed by atoms with Gasteiger partial charge in [0, 0.05) is 24.8 Å². The first kappa shape index (κ1) is 13.1. The van der Waals surface area contributed by atoms with E-state index < -0.39 is 5.97 Å². The third-order valence-electron chi connectivity index (χ3n) is 3.40. The fourth-order valence-electron chi connectivity index (χ4n) is 2.13. The zero-order valence-corrected chi connectivity index (χ0v) is 10.8. The molecule has 1 fully saturated rings. The maximum atomic E-state index is 11.4. The van der Waals surface area contributed by atoms with Gasteiger partial charge >= 0.3 is 5.97 Å². The van der Waals surface area contributed by atoms with Gasteiger partial charge < -0.3 is 19.2 Å². The van der Waals surface area contributed by atoms with Gasteiger partial charge in [-0.2, -0.15) is 0 Å². The summed E-state index contributed by atoms with van der Waals surface area (Å²) in [6, 6.07) is 2.14. The zero-order chi connectivity index (χ0) is 13.0. The molecule has 1 aliphatic rings. The third kappa shape index (κ3) is 2.91. The number of hydrogen-bond donors (Lipinski definition) is 1. The van der Waals surface area contributed by atoms with Crippen molar-refractivity contribution in [1.82, 2.24) is 5.32 Å². The largest absolute Gasteiger partial charge is 0.463 e. The lowest BCUT2D eigenvalue weighted by Crippen LogP contribution is -2.33. The first-order valence-electron chi connectivity index (χ1n) is 6.18. The number of esters is 1. The number of methoxy groups -OCH3 is 1. The Labute approximate surface area is 106 Å². The number of nitrogens with one attached hydrogen (secondary N) is 1. The summed E-state index contributed by atoms with van der Waals surface area (Å²) in [5.74, 6) is 0.381. The van der Waals surface area contributed by atoms with E-state index in [0.29, 0.717) is 18.5 Å². The summed E-state index contributed by atoms with van der Waals surface area (Å²) in [5.41, 5.74) is 0.826. The van der Waals surface area contributed by atoms with Gasteiger partial charge in [-0.1, -0.05) is 0 Å². The van der Waals surface area contributed by atoms with Crippen molar-refractivity contribution >= 4 is 5.97 Å². The molecule has 100 valence electrons. The van der Waals surface area contributed by atoms with Gasteiger partial charge in [0.05, 0.1) is 20.0 Å². The van der Waals surface area contributed by atoms with Crippen LogP contribution in [0.5, 0.6) is 0 Å². The molecule has 18 heavy (non-hydrogen) atoms. The molecule has 2 rings (SSSR count). The fourth-order valence-corrected chi connectivity index (χ4v) is 2.13. The summed E-state index contributed by atoms with van der Waals surface area (Å²) in [5, 5.41) is 3.40. The summed E-state index contributed by atoms with van der Waals surface area (Å²) < 4.78 is 15.2. The van der Waals surface area contributed by atoms with E-state index in [9.17, 15) is 4.79 Å². The average molecular weight is 253 g/mol. The molecular weight excluding hydrogens is 234 g/mol. The maximum absolute atomic E-state index is 11.4. The van der Waals surface area contributed by atoms with Crippen molar-refractivity contribution < 1.29 is 18.7 Å². The van der Waals surface area contributed by atoms with E-state index in [1.165, 1.54) is 13.4 Å². The molecule has 5 nitrogen and oxygen atoms in total. The van der Waals surface area contributed by atoms with Crippen LogP contribution in [-0.4, -0.2) is 32.3 Å². The highest BCUT2D eigenvalue weighted by molar-refractivity contribution is 5.87. The predicted molar refractivity (Wildman–Crippen MR) is 65.3 cm³/mol. The summed E-state index contributed by atoms with van der Waals surface area (Å²) in [7, 11) is 1.35. The lowest BCUT2D eigenvalue weighted by atomic mass is 10.0. The summed E-state index contributed by atoms with van der Waals surface area (Å²) in [6.07, 6.45) is 2.59. The van der Waals surface area contributed by atoms with Crippen LogP contribution in [-0.2, 0) is 16.0 Å². The van der Waals surface area contributed by atoms with Crippen LogP contribution in [0.2, 0.25) is 0 Å². The Morgan fingerprint density at radius 1 is 1.67 bits per heavy atom. The van der Waals surface area contributed by atoms with Gasteiger partial charge in [-0.25, -0.2) is 4.79 Å². The highest BCUT2D eigenvalue weighted by Crippen LogP contribution is 2.18. The monoisotopic (exact) mass is 253 g/mol. The highest BCUT2D eigenvalue weighted by atomic mass is 16.5. The topological polar surface area (TPSA) is 60.7 Å². The first-order chi connectivity index (χ1) is 8.72. The number of ether oxygens (including phenoxy) is 2. The van der Waals surface area contributed by atoms with Crippen LogP contribution in [0, 0.1) is 5.92 Å². The minimum absolute atomic E-state index is 0.278. The van der Waals surface area contributed by atoms with E-state index in [1.807, 2.05) is 0 Å². The Kier molecular flexibility index (Phi) is 4.38. The lowest BCUT2D eigenvalue weighted by Gasteiger charge is -2.18. The minimum atomic E-state index is -0.436. The second-order valence-electron chi connectivity index (χ2n) is 4.56. The predicted octanol–water partition coefficient (Wildman–Crippen LogP) is 1.58. The Morgan fingerprint density at radius 2 is 2.50 bits per heavy atom. The molecule has 0 amide bonds. The standard InChI is InChI=1S/C13H19NO4/c1-9(11-3-5-17-8-11)14-7-10-4-6-18-12(10)13(15)16-2/h4,6,9,11,14H,3,5,7-8H2,1-2H3. The van der Waals surface area contributed by atoms with E-state index >= 15 is 0 Å². The Morgan fingerprint density at radius 3 is 3.17 bits per heavy atom. The quantitative estimate of drug-likeness (QED) is 0.807. The Hall–Kier alpha value is -1.33. The van der Waals surface area contributed by atoms with Gasteiger partial charge in [-0.05, 0) is 25.3 Å². The Bertz CT molecular complexity index is 395. The molecular formula is C13H19NO4.